The fraction of sp³-hybridized carbons (Fsp3) is 0.438. The molecule has 0 fully saturated rings. The Morgan fingerprint density at radius 3 is 2.57 bits per heavy atom. The molecule has 1 heterocycles. The fourth-order valence-corrected chi connectivity index (χ4v) is 2.31. The minimum Gasteiger partial charge on any atom is -0.352 e. The summed E-state index contributed by atoms with van der Waals surface area (Å²) in [5, 5.41) is 8.17. The van der Waals surface area contributed by atoms with Gasteiger partial charge in [-0.25, -0.2) is 9.67 Å². The van der Waals surface area contributed by atoms with Crippen LogP contribution in [0.4, 0.5) is 0 Å². The van der Waals surface area contributed by atoms with E-state index in [2.05, 4.69) is 29.2 Å². The first kappa shape index (κ1) is 17.8. The maximum absolute atomic E-state index is 12.2. The predicted octanol–water partition coefficient (Wildman–Crippen LogP) is 3.72. The molecule has 124 valence electrons. The number of hydrogen-bond acceptors (Lipinski definition) is 3. The van der Waals surface area contributed by atoms with Gasteiger partial charge in [-0.2, -0.15) is 5.10 Å². The number of nitrogens with one attached hydrogen (secondary N) is 1. The Morgan fingerprint density at radius 2 is 1.96 bits per heavy atom. The molecule has 1 aromatic carbocycles. The van der Waals surface area contributed by atoms with E-state index in [1.807, 2.05) is 13.0 Å². The van der Waals surface area contributed by atoms with Gasteiger partial charge >= 0.3 is 0 Å². The summed E-state index contributed by atoms with van der Waals surface area (Å²) in [5.74, 6) is 1.45. The zero-order valence-corrected chi connectivity index (χ0v) is 15.1. The molecule has 2 aromatic rings. The summed E-state index contributed by atoms with van der Waals surface area (Å²) in [7, 11) is 0. The van der Waals surface area contributed by atoms with Crippen LogP contribution in [-0.2, 0) is 11.3 Å². The smallest absolute Gasteiger partial charge is 0.242 e. The van der Waals surface area contributed by atoms with E-state index in [9.17, 15) is 4.79 Å². The molecule has 1 aromatic heterocycles. The zero-order valence-electron chi connectivity index (χ0n) is 13.6. The van der Waals surface area contributed by atoms with Crippen LogP contribution >= 0.6 is 23.2 Å². The van der Waals surface area contributed by atoms with Crippen LogP contribution in [0.1, 0.15) is 26.6 Å². The third-order valence-electron chi connectivity index (χ3n) is 3.64. The predicted molar refractivity (Wildman–Crippen MR) is 92.7 cm³/mol. The van der Waals surface area contributed by atoms with E-state index in [-0.39, 0.29) is 18.5 Å². The lowest BCUT2D eigenvalue weighted by Crippen LogP contribution is -2.38. The summed E-state index contributed by atoms with van der Waals surface area (Å²) in [6, 6.07) is 5.33. The molecule has 0 aliphatic rings. The molecule has 0 aliphatic carbocycles. The van der Waals surface area contributed by atoms with E-state index in [1.165, 1.54) is 0 Å². The molecule has 0 aliphatic heterocycles. The molecular formula is C16H20Cl2N4O. The second kappa shape index (κ2) is 7.32. The summed E-state index contributed by atoms with van der Waals surface area (Å²) in [5.41, 5.74) is 0.768. The van der Waals surface area contributed by atoms with Crippen LogP contribution in [-0.4, -0.2) is 26.7 Å². The van der Waals surface area contributed by atoms with Gasteiger partial charge in [0, 0.05) is 11.6 Å². The van der Waals surface area contributed by atoms with Gasteiger partial charge in [-0.3, -0.25) is 4.79 Å². The molecule has 1 N–H and O–H groups in total. The van der Waals surface area contributed by atoms with Gasteiger partial charge in [-0.1, -0.05) is 37.0 Å². The average molecular weight is 355 g/mol. The van der Waals surface area contributed by atoms with Crippen LogP contribution in [0.3, 0.4) is 0 Å². The third kappa shape index (κ3) is 4.45. The lowest BCUT2D eigenvalue weighted by molar-refractivity contribution is -0.122. The molecule has 0 radical (unpaired) electrons. The standard InChI is InChI=1S/C16H20Cl2N4O/c1-9(2)10(3)19-15(23)8-22-16(20-11(4)21-22)12-5-6-13(17)14(18)7-12/h5-7,9-10H,8H2,1-4H3,(H,19,23)/t10-/m0/s1. The summed E-state index contributed by atoms with van der Waals surface area (Å²) in [4.78, 5) is 16.6. The Labute approximate surface area is 146 Å². The van der Waals surface area contributed by atoms with Crippen LogP contribution in [0.5, 0.6) is 0 Å². The lowest BCUT2D eigenvalue weighted by atomic mass is 10.1. The molecule has 0 bridgehead atoms. The minimum absolute atomic E-state index is 0.0977. The fourth-order valence-electron chi connectivity index (χ4n) is 2.02. The van der Waals surface area contributed by atoms with Crippen molar-refractivity contribution >= 4 is 29.1 Å². The molecule has 1 amide bonds. The van der Waals surface area contributed by atoms with Crippen molar-refractivity contribution in [3.8, 4) is 11.4 Å². The monoisotopic (exact) mass is 354 g/mol. The van der Waals surface area contributed by atoms with Crippen molar-refractivity contribution in [2.45, 2.75) is 40.3 Å². The van der Waals surface area contributed by atoms with E-state index >= 15 is 0 Å². The van der Waals surface area contributed by atoms with Gasteiger partial charge in [0.25, 0.3) is 0 Å². The number of nitrogens with zero attached hydrogens (tertiary/aromatic N) is 3. The number of aryl methyl sites for hydroxylation is 1. The van der Waals surface area contributed by atoms with Crippen molar-refractivity contribution in [1.29, 1.82) is 0 Å². The van der Waals surface area contributed by atoms with Crippen molar-refractivity contribution in [3.05, 3.63) is 34.1 Å². The first-order valence-electron chi connectivity index (χ1n) is 7.44. The number of aromatic nitrogens is 3. The number of benzene rings is 1. The highest BCUT2D eigenvalue weighted by atomic mass is 35.5. The minimum atomic E-state index is -0.0996. The Kier molecular flexibility index (Phi) is 5.65. The Bertz CT molecular complexity index is 712. The highest BCUT2D eigenvalue weighted by molar-refractivity contribution is 6.42. The molecule has 2 rings (SSSR count). The summed E-state index contributed by atoms with van der Waals surface area (Å²) < 4.78 is 1.58. The lowest BCUT2D eigenvalue weighted by Gasteiger charge is -2.17. The quantitative estimate of drug-likeness (QED) is 0.889. The van der Waals surface area contributed by atoms with E-state index in [4.69, 9.17) is 23.2 Å². The number of rotatable bonds is 5. The van der Waals surface area contributed by atoms with Gasteiger partial charge < -0.3 is 5.32 Å². The van der Waals surface area contributed by atoms with E-state index in [1.54, 1.807) is 23.7 Å². The number of carbonyl (C=O) groups is 1. The van der Waals surface area contributed by atoms with Crippen LogP contribution in [0.25, 0.3) is 11.4 Å². The number of carbonyl (C=O) groups excluding carboxylic acids is 1. The highest BCUT2D eigenvalue weighted by Gasteiger charge is 2.16. The van der Waals surface area contributed by atoms with Gasteiger partial charge in [-0.05, 0) is 38.0 Å². The molecular weight excluding hydrogens is 335 g/mol. The van der Waals surface area contributed by atoms with Gasteiger partial charge in [0.05, 0.1) is 10.0 Å². The first-order valence-corrected chi connectivity index (χ1v) is 8.19. The molecule has 5 nitrogen and oxygen atoms in total. The van der Waals surface area contributed by atoms with Gasteiger partial charge in [0.1, 0.15) is 12.4 Å². The SMILES string of the molecule is Cc1nc(-c2ccc(Cl)c(Cl)c2)n(CC(=O)N[C@@H](C)C(C)C)n1. The molecule has 23 heavy (non-hydrogen) atoms. The van der Waals surface area contributed by atoms with Gasteiger partial charge in [0.2, 0.25) is 5.91 Å². The number of amides is 1. The molecule has 0 unspecified atom stereocenters. The first-order chi connectivity index (χ1) is 10.8. The van der Waals surface area contributed by atoms with E-state index in [0.717, 1.165) is 5.56 Å². The van der Waals surface area contributed by atoms with Crippen molar-refractivity contribution in [2.75, 3.05) is 0 Å². The van der Waals surface area contributed by atoms with E-state index in [0.29, 0.717) is 27.6 Å². The van der Waals surface area contributed by atoms with Crippen LogP contribution in [0.2, 0.25) is 10.0 Å². The topological polar surface area (TPSA) is 59.8 Å². The van der Waals surface area contributed by atoms with Crippen molar-refractivity contribution in [3.63, 3.8) is 0 Å². The van der Waals surface area contributed by atoms with Crippen molar-refractivity contribution in [1.82, 2.24) is 20.1 Å². The Hall–Kier alpha value is -1.59. The zero-order chi connectivity index (χ0) is 17.1. The Morgan fingerprint density at radius 1 is 1.26 bits per heavy atom. The normalized spacial score (nSPS) is 12.5. The number of hydrogen-bond donors (Lipinski definition) is 1. The van der Waals surface area contributed by atoms with E-state index < -0.39 is 0 Å². The molecule has 0 saturated heterocycles. The van der Waals surface area contributed by atoms with Crippen LogP contribution in [0, 0.1) is 12.8 Å². The second-order valence-electron chi connectivity index (χ2n) is 5.87. The largest absolute Gasteiger partial charge is 0.352 e. The molecule has 0 spiro atoms. The molecule has 7 heteroatoms. The number of halogens is 2. The van der Waals surface area contributed by atoms with Gasteiger partial charge in [0.15, 0.2) is 5.82 Å². The maximum Gasteiger partial charge on any atom is 0.242 e. The van der Waals surface area contributed by atoms with Crippen LogP contribution in [0.15, 0.2) is 18.2 Å². The Balaban J connectivity index is 2.23. The summed E-state index contributed by atoms with van der Waals surface area (Å²) in [6.45, 7) is 7.99. The van der Waals surface area contributed by atoms with Crippen LogP contribution < -0.4 is 5.32 Å². The maximum atomic E-state index is 12.2. The van der Waals surface area contributed by atoms with Gasteiger partial charge in [-0.15, -0.1) is 0 Å². The van der Waals surface area contributed by atoms with Crippen molar-refractivity contribution < 1.29 is 4.79 Å². The molecule has 1 atom stereocenters. The summed E-state index contributed by atoms with van der Waals surface area (Å²) in [6.07, 6.45) is 0. The second-order valence-corrected chi connectivity index (χ2v) is 6.68. The highest BCUT2D eigenvalue weighted by Crippen LogP contribution is 2.27. The summed E-state index contributed by atoms with van der Waals surface area (Å²) >= 11 is 12.0. The third-order valence-corrected chi connectivity index (χ3v) is 4.38. The average Bonchev–Trinajstić information content (AvgIpc) is 2.82. The van der Waals surface area contributed by atoms with Crippen molar-refractivity contribution in [2.24, 2.45) is 5.92 Å². The molecule has 0 saturated carbocycles.